The molecule has 1 aliphatic rings. The van der Waals surface area contributed by atoms with Crippen molar-refractivity contribution < 1.29 is 18.0 Å². The zero-order valence-corrected chi connectivity index (χ0v) is 14.7. The molecule has 7 nitrogen and oxygen atoms in total. The Morgan fingerprint density at radius 2 is 2.12 bits per heavy atom. The molecule has 0 spiro atoms. The minimum absolute atomic E-state index is 0.115. The van der Waals surface area contributed by atoms with E-state index in [9.17, 15) is 18.0 Å². The number of hydrogen-bond donors (Lipinski definition) is 0. The molecule has 3 rings (SSSR count). The lowest BCUT2D eigenvalue weighted by molar-refractivity contribution is -0.162. The fourth-order valence-electron chi connectivity index (χ4n) is 3.29. The van der Waals surface area contributed by atoms with Crippen LogP contribution in [0, 0.1) is 6.92 Å². The van der Waals surface area contributed by atoms with Gasteiger partial charge in [-0.15, -0.1) is 10.2 Å². The third kappa shape index (κ3) is 4.05. The number of carbonyl (C=O) groups is 1. The van der Waals surface area contributed by atoms with E-state index in [1.165, 1.54) is 4.90 Å². The number of piperidine rings is 1. The highest BCUT2D eigenvalue weighted by Gasteiger charge is 2.36. The van der Waals surface area contributed by atoms with Crippen LogP contribution in [0.2, 0.25) is 0 Å². The van der Waals surface area contributed by atoms with E-state index in [1.54, 1.807) is 6.20 Å². The molecule has 1 amide bonds. The van der Waals surface area contributed by atoms with Crippen LogP contribution < -0.4 is 0 Å². The van der Waals surface area contributed by atoms with Gasteiger partial charge in [0.2, 0.25) is 5.91 Å². The summed E-state index contributed by atoms with van der Waals surface area (Å²) >= 11 is 0. The third-order valence-electron chi connectivity index (χ3n) is 4.73. The summed E-state index contributed by atoms with van der Waals surface area (Å²) < 4.78 is 41.2. The van der Waals surface area contributed by atoms with Crippen LogP contribution in [0.1, 0.15) is 42.7 Å². The number of rotatable bonds is 4. The number of aromatic nitrogens is 5. The lowest BCUT2D eigenvalue weighted by Crippen LogP contribution is -2.41. The van der Waals surface area contributed by atoms with Gasteiger partial charge in [-0.05, 0) is 19.8 Å². The molecule has 0 bridgehead atoms. The lowest BCUT2D eigenvalue weighted by atomic mass is 9.97. The highest BCUT2D eigenvalue weighted by atomic mass is 19.4. The predicted molar refractivity (Wildman–Crippen MR) is 86.3 cm³/mol. The summed E-state index contributed by atoms with van der Waals surface area (Å²) in [6.07, 6.45) is -0.920. The van der Waals surface area contributed by atoms with E-state index >= 15 is 0 Å². The van der Waals surface area contributed by atoms with Crippen LogP contribution in [0.4, 0.5) is 13.2 Å². The van der Waals surface area contributed by atoms with Crippen LogP contribution in [-0.2, 0) is 18.4 Å². The standard InChI is InChI=1S/C16H21F3N6O/c1-11-20-5-7-24(11)10-13-21-22-15(23(13)2)12-4-3-6-25(9-12)14(26)8-16(17,18)19/h5,7,12H,3-4,6,8-10H2,1-2H3/t12-/m0/s1. The number of aryl methyl sites for hydroxylation is 1. The van der Waals surface area contributed by atoms with Gasteiger partial charge in [-0.3, -0.25) is 4.79 Å². The average molecular weight is 370 g/mol. The fraction of sp³-hybridized carbons (Fsp3) is 0.625. The van der Waals surface area contributed by atoms with Crippen molar-refractivity contribution in [3.05, 3.63) is 29.9 Å². The molecule has 26 heavy (non-hydrogen) atoms. The van der Waals surface area contributed by atoms with Gasteiger partial charge in [0, 0.05) is 38.4 Å². The lowest BCUT2D eigenvalue weighted by Gasteiger charge is -2.32. The number of likely N-dealkylation sites (tertiary alicyclic amines) is 1. The third-order valence-corrected chi connectivity index (χ3v) is 4.73. The molecule has 0 unspecified atom stereocenters. The molecule has 2 aromatic heterocycles. The summed E-state index contributed by atoms with van der Waals surface area (Å²) in [6, 6.07) is 0. The molecule has 0 aliphatic carbocycles. The number of amides is 1. The average Bonchev–Trinajstić information content (AvgIpc) is 3.13. The van der Waals surface area contributed by atoms with E-state index in [-0.39, 0.29) is 12.5 Å². The number of hydrogen-bond acceptors (Lipinski definition) is 4. The minimum atomic E-state index is -4.48. The first-order valence-electron chi connectivity index (χ1n) is 8.45. The highest BCUT2D eigenvalue weighted by molar-refractivity contribution is 5.77. The summed E-state index contributed by atoms with van der Waals surface area (Å²) in [5.41, 5.74) is 0. The van der Waals surface area contributed by atoms with Gasteiger partial charge in [-0.2, -0.15) is 13.2 Å². The Balaban J connectivity index is 1.71. The molecule has 1 atom stereocenters. The molecule has 0 aromatic carbocycles. The van der Waals surface area contributed by atoms with Crippen LogP contribution in [0.5, 0.6) is 0 Å². The predicted octanol–water partition coefficient (Wildman–Crippen LogP) is 2.03. The van der Waals surface area contributed by atoms with E-state index < -0.39 is 18.5 Å². The quantitative estimate of drug-likeness (QED) is 0.826. The Hall–Kier alpha value is -2.39. The van der Waals surface area contributed by atoms with Gasteiger partial charge in [-0.1, -0.05) is 0 Å². The topological polar surface area (TPSA) is 68.8 Å². The highest BCUT2D eigenvalue weighted by Crippen LogP contribution is 2.28. The SMILES string of the molecule is Cc1nccn1Cc1nnc([C@H]2CCCN(C(=O)CC(F)(F)F)C2)n1C. The van der Waals surface area contributed by atoms with Crippen LogP contribution >= 0.6 is 0 Å². The van der Waals surface area contributed by atoms with Crippen LogP contribution in [-0.4, -0.2) is 54.4 Å². The van der Waals surface area contributed by atoms with Crippen molar-refractivity contribution in [1.82, 2.24) is 29.2 Å². The summed E-state index contributed by atoms with van der Waals surface area (Å²) in [6.45, 7) is 3.00. The summed E-state index contributed by atoms with van der Waals surface area (Å²) in [7, 11) is 1.84. The van der Waals surface area contributed by atoms with Crippen LogP contribution in [0.3, 0.4) is 0 Å². The second-order valence-electron chi connectivity index (χ2n) is 6.61. The molecular formula is C16H21F3N6O. The molecule has 0 radical (unpaired) electrons. The number of carbonyl (C=O) groups excluding carboxylic acids is 1. The normalized spacial score (nSPS) is 18.3. The molecule has 1 saturated heterocycles. The second kappa shape index (κ2) is 7.08. The number of halogens is 3. The first-order valence-corrected chi connectivity index (χ1v) is 8.45. The van der Waals surface area contributed by atoms with Crippen molar-refractivity contribution >= 4 is 5.91 Å². The van der Waals surface area contributed by atoms with Crippen molar-refractivity contribution in [1.29, 1.82) is 0 Å². The Morgan fingerprint density at radius 3 is 2.77 bits per heavy atom. The molecule has 0 N–H and O–H groups in total. The Kier molecular flexibility index (Phi) is 5.01. The van der Waals surface area contributed by atoms with E-state index in [4.69, 9.17) is 0 Å². The Labute approximate surface area is 148 Å². The van der Waals surface area contributed by atoms with Gasteiger partial charge >= 0.3 is 6.18 Å². The minimum Gasteiger partial charge on any atom is -0.342 e. The van der Waals surface area contributed by atoms with Gasteiger partial charge in [0.25, 0.3) is 0 Å². The molecule has 1 aliphatic heterocycles. The Bertz CT molecular complexity index is 781. The molecule has 2 aromatic rings. The van der Waals surface area contributed by atoms with Gasteiger partial charge in [0.05, 0.1) is 6.54 Å². The maximum absolute atomic E-state index is 12.5. The van der Waals surface area contributed by atoms with Gasteiger partial charge in [0.1, 0.15) is 18.1 Å². The van der Waals surface area contributed by atoms with E-state index in [1.807, 2.05) is 29.3 Å². The van der Waals surface area contributed by atoms with Crippen LogP contribution in [0.25, 0.3) is 0 Å². The molecule has 142 valence electrons. The van der Waals surface area contributed by atoms with Crippen molar-refractivity contribution in [2.24, 2.45) is 7.05 Å². The van der Waals surface area contributed by atoms with E-state index in [0.717, 1.165) is 18.1 Å². The van der Waals surface area contributed by atoms with Crippen molar-refractivity contribution in [3.8, 4) is 0 Å². The van der Waals surface area contributed by atoms with Crippen molar-refractivity contribution in [2.45, 2.75) is 44.8 Å². The monoisotopic (exact) mass is 370 g/mol. The summed E-state index contributed by atoms with van der Waals surface area (Å²) in [5, 5.41) is 8.45. The zero-order chi connectivity index (χ0) is 18.9. The van der Waals surface area contributed by atoms with Gasteiger partial charge < -0.3 is 14.0 Å². The maximum Gasteiger partial charge on any atom is 0.397 e. The summed E-state index contributed by atoms with van der Waals surface area (Å²) in [5.74, 6) is 1.30. The number of alkyl halides is 3. The van der Waals surface area contributed by atoms with Gasteiger partial charge in [0.15, 0.2) is 5.82 Å². The molecule has 10 heteroatoms. The fourth-order valence-corrected chi connectivity index (χ4v) is 3.29. The van der Waals surface area contributed by atoms with E-state index in [0.29, 0.717) is 25.3 Å². The largest absolute Gasteiger partial charge is 0.397 e. The molecule has 3 heterocycles. The molecule has 0 saturated carbocycles. The Morgan fingerprint density at radius 1 is 1.35 bits per heavy atom. The number of imidazole rings is 1. The molecule has 1 fully saturated rings. The first kappa shape index (κ1) is 18.4. The summed E-state index contributed by atoms with van der Waals surface area (Å²) in [4.78, 5) is 17.3. The maximum atomic E-state index is 12.5. The second-order valence-corrected chi connectivity index (χ2v) is 6.61. The van der Waals surface area contributed by atoms with Gasteiger partial charge in [-0.25, -0.2) is 4.98 Å². The molecular weight excluding hydrogens is 349 g/mol. The van der Waals surface area contributed by atoms with Crippen molar-refractivity contribution in [3.63, 3.8) is 0 Å². The first-order chi connectivity index (χ1) is 12.2. The zero-order valence-electron chi connectivity index (χ0n) is 14.7. The van der Waals surface area contributed by atoms with Crippen molar-refractivity contribution in [2.75, 3.05) is 13.1 Å². The number of nitrogens with zero attached hydrogens (tertiary/aromatic N) is 6. The van der Waals surface area contributed by atoms with Crippen LogP contribution in [0.15, 0.2) is 12.4 Å². The van der Waals surface area contributed by atoms with E-state index in [2.05, 4.69) is 15.2 Å². The smallest absolute Gasteiger partial charge is 0.342 e.